The van der Waals surface area contributed by atoms with E-state index in [4.69, 9.17) is 14.7 Å². The first-order valence-corrected chi connectivity index (χ1v) is 9.26. The largest absolute Gasteiger partial charge is 0.378 e. The predicted molar refractivity (Wildman–Crippen MR) is 97.4 cm³/mol. The Bertz CT molecular complexity index is 720. The molecule has 1 N–H and O–H groups in total. The summed E-state index contributed by atoms with van der Waals surface area (Å²) >= 11 is 0. The van der Waals surface area contributed by atoms with Crippen LogP contribution < -0.4 is 10.2 Å². The number of ether oxygens (including phenoxy) is 1. The number of morpholine rings is 1. The van der Waals surface area contributed by atoms with E-state index < -0.39 is 0 Å². The molecule has 1 atom stereocenters. The van der Waals surface area contributed by atoms with Gasteiger partial charge in [-0.3, -0.25) is 0 Å². The number of nitrogens with zero attached hydrogens (tertiary/aromatic N) is 5. The van der Waals surface area contributed by atoms with Crippen molar-refractivity contribution in [3.63, 3.8) is 0 Å². The van der Waals surface area contributed by atoms with Gasteiger partial charge < -0.3 is 15.0 Å². The van der Waals surface area contributed by atoms with Crippen LogP contribution in [0.2, 0.25) is 0 Å². The minimum Gasteiger partial charge on any atom is -0.378 e. The van der Waals surface area contributed by atoms with Crippen molar-refractivity contribution in [2.45, 2.75) is 39.2 Å². The highest BCUT2D eigenvalue weighted by atomic mass is 16.5. The molecule has 0 bridgehead atoms. The number of aromatic nitrogens is 4. The van der Waals surface area contributed by atoms with Crippen LogP contribution in [0.3, 0.4) is 0 Å². The number of rotatable bonds is 6. The van der Waals surface area contributed by atoms with Crippen LogP contribution in [-0.2, 0) is 11.2 Å². The monoisotopic (exact) mass is 342 g/mol. The van der Waals surface area contributed by atoms with Crippen molar-refractivity contribution in [2.24, 2.45) is 5.92 Å². The number of hydrogen-bond acceptors (Lipinski definition) is 6. The van der Waals surface area contributed by atoms with Crippen LogP contribution in [0.25, 0.3) is 0 Å². The average molecular weight is 342 g/mol. The Labute approximate surface area is 148 Å². The third kappa shape index (κ3) is 3.61. The van der Waals surface area contributed by atoms with Gasteiger partial charge in [-0.05, 0) is 32.1 Å². The molecule has 1 aliphatic heterocycles. The molecule has 7 heteroatoms. The summed E-state index contributed by atoms with van der Waals surface area (Å²) in [5, 5.41) is 7.97. The van der Waals surface area contributed by atoms with Gasteiger partial charge in [0.2, 0.25) is 5.95 Å². The molecule has 25 heavy (non-hydrogen) atoms. The third-order valence-electron chi connectivity index (χ3n) is 5.04. The quantitative estimate of drug-likeness (QED) is 0.871. The number of anilines is 3. The van der Waals surface area contributed by atoms with Crippen LogP contribution in [0.5, 0.6) is 0 Å². The molecule has 134 valence electrons. The highest BCUT2D eigenvalue weighted by Gasteiger charge is 2.30. The fraction of sp³-hybridized carbons (Fsp3) is 0.611. The van der Waals surface area contributed by atoms with E-state index in [2.05, 4.69) is 33.8 Å². The average Bonchev–Trinajstić information content (AvgIpc) is 3.41. The zero-order valence-electron chi connectivity index (χ0n) is 15.0. The van der Waals surface area contributed by atoms with Crippen LogP contribution in [0.1, 0.15) is 38.4 Å². The van der Waals surface area contributed by atoms with E-state index >= 15 is 0 Å². The Morgan fingerprint density at radius 1 is 1.28 bits per heavy atom. The summed E-state index contributed by atoms with van der Waals surface area (Å²) in [6.45, 7) is 7.50. The van der Waals surface area contributed by atoms with Gasteiger partial charge in [-0.2, -0.15) is 10.1 Å². The maximum absolute atomic E-state index is 5.44. The Morgan fingerprint density at radius 2 is 2.08 bits per heavy atom. The maximum Gasteiger partial charge on any atom is 0.227 e. The van der Waals surface area contributed by atoms with E-state index in [0.29, 0.717) is 6.04 Å². The molecule has 3 heterocycles. The van der Waals surface area contributed by atoms with Crippen LogP contribution in [0.15, 0.2) is 18.3 Å². The summed E-state index contributed by atoms with van der Waals surface area (Å²) in [6.07, 6.45) is 5.34. The number of nitrogens with one attached hydrogen (secondary N) is 1. The first kappa shape index (κ1) is 16.3. The molecular weight excluding hydrogens is 316 g/mol. The lowest BCUT2D eigenvalue weighted by molar-refractivity contribution is 0.122. The van der Waals surface area contributed by atoms with Crippen LogP contribution >= 0.6 is 0 Å². The topological polar surface area (TPSA) is 68.1 Å². The molecule has 2 fully saturated rings. The zero-order chi connectivity index (χ0) is 17.2. The van der Waals surface area contributed by atoms with Gasteiger partial charge in [0.25, 0.3) is 0 Å². The Kier molecular flexibility index (Phi) is 4.57. The molecule has 0 radical (unpaired) electrons. The van der Waals surface area contributed by atoms with Gasteiger partial charge in [-0.15, -0.1) is 0 Å². The van der Waals surface area contributed by atoms with Crippen molar-refractivity contribution in [1.82, 2.24) is 19.7 Å². The standard InChI is InChI=1S/C18H26N6O/c1-3-15-12-16(22-18(20-15)23-8-10-25-11-9-23)21-17-6-7-19-24(17)13(2)14-4-5-14/h6-7,12-14H,3-5,8-11H2,1-2H3,(H,20,21,22). The molecule has 2 aliphatic rings. The molecule has 1 unspecified atom stereocenters. The molecule has 2 aromatic rings. The molecular formula is C18H26N6O. The Morgan fingerprint density at radius 3 is 2.80 bits per heavy atom. The lowest BCUT2D eigenvalue weighted by Crippen LogP contribution is -2.37. The summed E-state index contributed by atoms with van der Waals surface area (Å²) in [4.78, 5) is 11.6. The number of hydrogen-bond donors (Lipinski definition) is 1. The normalized spacial score (nSPS) is 19.0. The summed E-state index contributed by atoms with van der Waals surface area (Å²) in [6, 6.07) is 4.47. The molecule has 0 aromatic carbocycles. The van der Waals surface area contributed by atoms with Gasteiger partial charge >= 0.3 is 0 Å². The van der Waals surface area contributed by atoms with E-state index in [1.54, 1.807) is 0 Å². The second kappa shape index (κ2) is 7.00. The molecule has 4 rings (SSSR count). The van der Waals surface area contributed by atoms with Crippen LogP contribution in [0, 0.1) is 5.92 Å². The Hall–Kier alpha value is -2.15. The van der Waals surface area contributed by atoms with Crippen LogP contribution in [-0.4, -0.2) is 46.1 Å². The predicted octanol–water partition coefficient (Wildman–Crippen LogP) is 2.79. The Balaban J connectivity index is 1.58. The minimum atomic E-state index is 0.420. The molecule has 2 aromatic heterocycles. The van der Waals surface area contributed by atoms with E-state index in [1.165, 1.54) is 12.8 Å². The fourth-order valence-corrected chi connectivity index (χ4v) is 3.28. The summed E-state index contributed by atoms with van der Waals surface area (Å²) in [5.41, 5.74) is 1.04. The highest BCUT2D eigenvalue weighted by molar-refractivity contribution is 5.54. The highest BCUT2D eigenvalue weighted by Crippen LogP contribution is 2.40. The molecule has 7 nitrogen and oxygen atoms in total. The van der Waals surface area contributed by atoms with Gasteiger partial charge in [-0.25, -0.2) is 9.67 Å². The number of aryl methyl sites for hydroxylation is 1. The third-order valence-corrected chi connectivity index (χ3v) is 5.04. The van der Waals surface area contributed by atoms with Gasteiger partial charge in [0.15, 0.2) is 0 Å². The van der Waals surface area contributed by atoms with Crippen molar-refractivity contribution < 1.29 is 4.74 Å². The van der Waals surface area contributed by atoms with Gasteiger partial charge in [0.05, 0.1) is 25.5 Å². The van der Waals surface area contributed by atoms with E-state index in [1.807, 2.05) is 18.3 Å². The first-order valence-electron chi connectivity index (χ1n) is 9.26. The second-order valence-corrected chi connectivity index (χ2v) is 6.86. The lowest BCUT2D eigenvalue weighted by atomic mass is 10.2. The minimum absolute atomic E-state index is 0.420. The molecule has 1 saturated carbocycles. The van der Waals surface area contributed by atoms with E-state index in [-0.39, 0.29) is 0 Å². The maximum atomic E-state index is 5.44. The van der Waals surface area contributed by atoms with Crippen LogP contribution in [0.4, 0.5) is 17.6 Å². The van der Waals surface area contributed by atoms with Gasteiger partial charge in [-0.1, -0.05) is 6.92 Å². The summed E-state index contributed by atoms with van der Waals surface area (Å²) in [5.74, 6) is 3.36. The molecule has 1 saturated heterocycles. The smallest absolute Gasteiger partial charge is 0.227 e. The van der Waals surface area contributed by atoms with E-state index in [9.17, 15) is 0 Å². The van der Waals surface area contributed by atoms with E-state index in [0.717, 1.165) is 61.9 Å². The van der Waals surface area contributed by atoms with Gasteiger partial charge in [0.1, 0.15) is 11.6 Å². The zero-order valence-corrected chi connectivity index (χ0v) is 15.0. The fourth-order valence-electron chi connectivity index (χ4n) is 3.28. The molecule has 0 amide bonds. The van der Waals surface area contributed by atoms with Gasteiger partial charge in [0, 0.05) is 30.9 Å². The first-order chi connectivity index (χ1) is 12.2. The van der Waals surface area contributed by atoms with Crippen molar-refractivity contribution in [2.75, 3.05) is 36.5 Å². The molecule has 0 spiro atoms. The summed E-state index contributed by atoms with van der Waals surface area (Å²) < 4.78 is 7.52. The SMILES string of the molecule is CCc1cc(Nc2ccnn2C(C)C2CC2)nc(N2CCOCC2)n1. The van der Waals surface area contributed by atoms with Crippen molar-refractivity contribution >= 4 is 17.6 Å². The van der Waals surface area contributed by atoms with Crippen molar-refractivity contribution in [3.05, 3.63) is 24.0 Å². The summed E-state index contributed by atoms with van der Waals surface area (Å²) in [7, 11) is 0. The molecule has 1 aliphatic carbocycles. The lowest BCUT2D eigenvalue weighted by Gasteiger charge is -2.27. The van der Waals surface area contributed by atoms with Crippen molar-refractivity contribution in [1.29, 1.82) is 0 Å². The second-order valence-electron chi connectivity index (χ2n) is 6.86. The van der Waals surface area contributed by atoms with Crippen molar-refractivity contribution in [3.8, 4) is 0 Å².